The van der Waals surface area contributed by atoms with Gasteiger partial charge in [0.1, 0.15) is 5.52 Å². The summed E-state index contributed by atoms with van der Waals surface area (Å²) < 4.78 is 42.8. The average Bonchev–Trinajstić information content (AvgIpc) is 3.35. The second-order valence-corrected chi connectivity index (χ2v) is 10.4. The van der Waals surface area contributed by atoms with Crippen molar-refractivity contribution in [2.24, 2.45) is 0 Å². The number of aromatic nitrogens is 3. The number of rotatable bonds is 5. The Kier molecular flexibility index (Phi) is 7.52. The van der Waals surface area contributed by atoms with E-state index in [0.717, 1.165) is 37.6 Å². The monoisotopic (exact) mass is 550 g/mol. The van der Waals surface area contributed by atoms with E-state index in [2.05, 4.69) is 20.5 Å². The molecule has 12 heteroatoms. The Labute approximate surface area is 223 Å². The van der Waals surface area contributed by atoms with Crippen LogP contribution in [0.3, 0.4) is 0 Å². The number of fused-ring (bicyclic) bond motifs is 1. The van der Waals surface area contributed by atoms with Gasteiger partial charge in [-0.05, 0) is 62.2 Å². The molecule has 0 aliphatic carbocycles. The van der Waals surface area contributed by atoms with Gasteiger partial charge < -0.3 is 20.2 Å². The molecule has 1 amide bonds. The van der Waals surface area contributed by atoms with E-state index in [-0.39, 0.29) is 35.2 Å². The van der Waals surface area contributed by atoms with Gasteiger partial charge in [-0.1, -0.05) is 29.3 Å². The summed E-state index contributed by atoms with van der Waals surface area (Å²) >= 11 is 5.87. The third-order valence-corrected chi connectivity index (χ3v) is 7.78. The largest absolute Gasteiger partial charge is 0.416 e. The van der Waals surface area contributed by atoms with E-state index in [1.165, 1.54) is 16.8 Å². The van der Waals surface area contributed by atoms with Gasteiger partial charge in [0.05, 0.1) is 35.8 Å². The van der Waals surface area contributed by atoms with Gasteiger partial charge in [-0.15, -0.1) is 5.10 Å². The number of hydrogen-bond donors (Lipinski definition) is 2. The van der Waals surface area contributed by atoms with E-state index in [4.69, 9.17) is 11.6 Å². The zero-order valence-electron chi connectivity index (χ0n) is 21.0. The van der Waals surface area contributed by atoms with Crippen LogP contribution >= 0.6 is 11.6 Å². The molecule has 3 aromatic rings. The molecular weight excluding hydrogens is 521 g/mol. The predicted molar refractivity (Wildman–Crippen MR) is 138 cm³/mol. The molecule has 2 aliphatic rings. The highest BCUT2D eigenvalue weighted by Gasteiger charge is 2.36. The first kappa shape index (κ1) is 26.7. The lowest BCUT2D eigenvalue weighted by atomic mass is 10.0. The molecule has 38 heavy (non-hydrogen) atoms. The Bertz CT molecular complexity index is 1310. The van der Waals surface area contributed by atoms with Crippen molar-refractivity contribution in [2.75, 3.05) is 37.7 Å². The van der Waals surface area contributed by atoms with E-state index in [1.807, 2.05) is 12.1 Å². The zero-order chi connectivity index (χ0) is 27.0. The van der Waals surface area contributed by atoms with Crippen molar-refractivity contribution in [1.82, 2.24) is 25.2 Å². The highest BCUT2D eigenvalue weighted by atomic mass is 35.5. The number of carbonyl (C=O) groups is 1. The third-order valence-electron chi connectivity index (χ3n) is 7.54. The molecule has 2 fully saturated rings. The Morgan fingerprint density at radius 2 is 2.03 bits per heavy atom. The minimum Gasteiger partial charge on any atom is -0.394 e. The minimum absolute atomic E-state index is 0.00865. The van der Waals surface area contributed by atoms with Crippen LogP contribution in [0.2, 0.25) is 5.02 Å². The second-order valence-electron chi connectivity index (χ2n) is 9.93. The van der Waals surface area contributed by atoms with Crippen LogP contribution in [0.25, 0.3) is 11.0 Å². The van der Waals surface area contributed by atoms with Gasteiger partial charge in [-0.2, -0.15) is 13.2 Å². The number of hydrogen-bond acceptors (Lipinski definition) is 6. The minimum atomic E-state index is -4.57. The first-order chi connectivity index (χ1) is 18.2. The summed E-state index contributed by atoms with van der Waals surface area (Å²) in [6, 6.07) is 7.92. The fraction of sp³-hybridized carbons (Fsp3) is 0.500. The highest BCUT2D eigenvalue weighted by molar-refractivity contribution is 6.30. The number of alkyl halides is 3. The van der Waals surface area contributed by atoms with Gasteiger partial charge in [0.25, 0.3) is 0 Å². The van der Waals surface area contributed by atoms with E-state index in [1.54, 1.807) is 17.9 Å². The normalized spacial score (nSPS) is 21.6. The Balaban J connectivity index is 1.40. The molecule has 3 atom stereocenters. The van der Waals surface area contributed by atoms with Crippen LogP contribution in [-0.4, -0.2) is 75.8 Å². The van der Waals surface area contributed by atoms with Crippen LogP contribution < -0.4 is 10.2 Å². The molecule has 2 N–H and O–H groups in total. The van der Waals surface area contributed by atoms with E-state index < -0.39 is 17.8 Å². The summed E-state index contributed by atoms with van der Waals surface area (Å²) in [5.74, 6) is 0.0263. The van der Waals surface area contributed by atoms with Crippen molar-refractivity contribution in [3.05, 3.63) is 52.5 Å². The number of amides is 1. The average molecular weight is 551 g/mol. The number of benzene rings is 2. The quantitative estimate of drug-likeness (QED) is 0.502. The molecule has 1 aromatic heterocycles. The molecule has 8 nitrogen and oxygen atoms in total. The number of anilines is 1. The third kappa shape index (κ3) is 5.19. The summed E-state index contributed by atoms with van der Waals surface area (Å²) in [4.78, 5) is 16.9. The number of piperazine rings is 1. The summed E-state index contributed by atoms with van der Waals surface area (Å²) in [7, 11) is 0. The van der Waals surface area contributed by atoms with Gasteiger partial charge in [0.15, 0.2) is 0 Å². The van der Waals surface area contributed by atoms with E-state index in [9.17, 15) is 23.1 Å². The molecule has 0 saturated carbocycles. The van der Waals surface area contributed by atoms with Crippen LogP contribution in [0.15, 0.2) is 36.4 Å². The summed E-state index contributed by atoms with van der Waals surface area (Å²) in [6.45, 7) is 3.77. The van der Waals surface area contributed by atoms with Crippen molar-refractivity contribution >= 4 is 34.2 Å². The maximum atomic E-state index is 13.8. The number of nitrogens with one attached hydrogen (secondary N) is 1. The summed E-state index contributed by atoms with van der Waals surface area (Å²) in [5.41, 5.74) is 1.20. The Hall–Kier alpha value is -2.89. The maximum absolute atomic E-state index is 13.8. The Morgan fingerprint density at radius 3 is 2.74 bits per heavy atom. The fourth-order valence-corrected chi connectivity index (χ4v) is 5.65. The van der Waals surface area contributed by atoms with Crippen LogP contribution in [-0.2, 0) is 11.0 Å². The van der Waals surface area contributed by atoms with Crippen LogP contribution in [0, 0.1) is 0 Å². The standard InChI is InChI=1S/C26H30ClF3N6O2/c1-16(20-7-5-17(27)12-21(20)26(28,29)30)36-24-13-18(6-8-22(24)32-33-36)34-10-11-35(19(14-34)15-37)25(38)23-4-2-3-9-31-23/h5-8,12-13,16,19,23,31,37H,2-4,9-11,14-15H2,1H3/t16-,19?,23-/m1/s1. The summed E-state index contributed by atoms with van der Waals surface area (Å²) in [5, 5.41) is 21.7. The second kappa shape index (κ2) is 10.7. The van der Waals surface area contributed by atoms with Crippen molar-refractivity contribution < 1.29 is 23.1 Å². The lowest BCUT2D eigenvalue weighted by Crippen LogP contribution is -2.60. The number of aliphatic hydroxyl groups is 1. The van der Waals surface area contributed by atoms with Crippen molar-refractivity contribution in [2.45, 2.75) is 50.5 Å². The van der Waals surface area contributed by atoms with Crippen molar-refractivity contribution in [3.8, 4) is 0 Å². The molecule has 5 rings (SSSR count). The first-order valence-electron chi connectivity index (χ1n) is 12.8. The fourth-order valence-electron chi connectivity index (χ4n) is 5.48. The Morgan fingerprint density at radius 1 is 1.21 bits per heavy atom. The van der Waals surface area contributed by atoms with Crippen LogP contribution in [0.5, 0.6) is 0 Å². The molecule has 3 heterocycles. The molecule has 204 valence electrons. The van der Waals surface area contributed by atoms with Gasteiger partial charge in [0.2, 0.25) is 5.91 Å². The molecule has 1 unspecified atom stereocenters. The van der Waals surface area contributed by atoms with Crippen molar-refractivity contribution in [1.29, 1.82) is 0 Å². The molecule has 2 aliphatic heterocycles. The first-order valence-corrected chi connectivity index (χ1v) is 13.2. The number of aliphatic hydroxyl groups excluding tert-OH is 1. The molecule has 2 aromatic carbocycles. The van der Waals surface area contributed by atoms with Crippen LogP contribution in [0.4, 0.5) is 18.9 Å². The van der Waals surface area contributed by atoms with E-state index in [0.29, 0.717) is 30.7 Å². The molecule has 2 saturated heterocycles. The lowest BCUT2D eigenvalue weighted by molar-refractivity contribution is -0.139. The number of piperidine rings is 1. The van der Waals surface area contributed by atoms with E-state index >= 15 is 0 Å². The van der Waals surface area contributed by atoms with Gasteiger partial charge >= 0.3 is 6.18 Å². The smallest absolute Gasteiger partial charge is 0.394 e. The topological polar surface area (TPSA) is 86.5 Å². The zero-order valence-corrected chi connectivity index (χ0v) is 21.7. The number of carbonyl (C=O) groups excluding carboxylic acids is 1. The SMILES string of the molecule is C[C@H](c1ccc(Cl)cc1C(F)(F)F)n1nnc2ccc(N3CCN(C(=O)[C@H]4CCCCN4)C(CO)C3)cc21. The summed E-state index contributed by atoms with van der Waals surface area (Å²) in [6.07, 6.45) is -1.71. The van der Waals surface area contributed by atoms with Crippen LogP contribution in [0.1, 0.15) is 43.4 Å². The predicted octanol–water partition coefficient (Wildman–Crippen LogP) is 3.86. The molecular formula is C26H30ClF3N6O2. The number of halogens is 4. The van der Waals surface area contributed by atoms with Gasteiger partial charge in [-0.25, -0.2) is 4.68 Å². The lowest BCUT2D eigenvalue weighted by Gasteiger charge is -2.43. The van der Waals surface area contributed by atoms with Crippen molar-refractivity contribution in [3.63, 3.8) is 0 Å². The molecule has 0 spiro atoms. The maximum Gasteiger partial charge on any atom is 0.416 e. The molecule has 0 radical (unpaired) electrons. The van der Waals surface area contributed by atoms with Gasteiger partial charge in [-0.3, -0.25) is 4.79 Å². The molecule has 0 bridgehead atoms. The van der Waals surface area contributed by atoms with Gasteiger partial charge in [0, 0.05) is 30.3 Å². The number of nitrogens with zero attached hydrogens (tertiary/aromatic N) is 5. The highest BCUT2D eigenvalue weighted by Crippen LogP contribution is 2.38.